The summed E-state index contributed by atoms with van der Waals surface area (Å²) in [6.07, 6.45) is 1.78. The number of ether oxygens (including phenoxy) is 1. The summed E-state index contributed by atoms with van der Waals surface area (Å²) in [4.78, 5) is 11.7. The lowest BCUT2D eigenvalue weighted by atomic mass is 10.2. The van der Waals surface area contributed by atoms with Crippen LogP contribution in [0.15, 0.2) is 36.9 Å². The summed E-state index contributed by atoms with van der Waals surface area (Å²) in [7, 11) is 0. The molecule has 0 bridgehead atoms. The third kappa shape index (κ3) is 4.59. The van der Waals surface area contributed by atoms with Crippen molar-refractivity contribution >= 4 is 5.91 Å². The fraction of sp³-hybridized carbons (Fsp3) is 0.357. The fourth-order valence-corrected chi connectivity index (χ4v) is 1.31. The molecule has 0 aliphatic carbocycles. The molecule has 1 amide bonds. The first-order valence-electron chi connectivity index (χ1n) is 5.97. The van der Waals surface area contributed by atoms with Gasteiger partial charge in [0.05, 0.1) is 6.10 Å². The van der Waals surface area contributed by atoms with E-state index in [4.69, 9.17) is 4.74 Å². The number of hydrogen-bond donors (Lipinski definition) is 2. The fourth-order valence-electron chi connectivity index (χ4n) is 1.31. The van der Waals surface area contributed by atoms with Gasteiger partial charge in [0, 0.05) is 12.1 Å². The zero-order chi connectivity index (χ0) is 13.4. The number of carbonyl (C=O) groups is 1. The van der Waals surface area contributed by atoms with Gasteiger partial charge in [-0.15, -0.1) is 0 Å². The van der Waals surface area contributed by atoms with Crippen LogP contribution in [-0.2, 0) is 0 Å². The average molecular weight is 249 g/mol. The molecule has 98 valence electrons. The van der Waals surface area contributed by atoms with Crippen molar-refractivity contribution in [2.45, 2.75) is 19.4 Å². The molecule has 0 saturated carbocycles. The molecule has 4 heteroatoms. The van der Waals surface area contributed by atoms with Crippen LogP contribution in [0.5, 0.6) is 5.75 Å². The summed E-state index contributed by atoms with van der Waals surface area (Å²) in [5.41, 5.74) is 0.546. The molecule has 0 spiro atoms. The normalized spacial score (nSPS) is 11.7. The molecule has 1 aromatic carbocycles. The van der Waals surface area contributed by atoms with Gasteiger partial charge in [-0.3, -0.25) is 4.79 Å². The van der Waals surface area contributed by atoms with Crippen molar-refractivity contribution in [3.8, 4) is 5.75 Å². The highest BCUT2D eigenvalue weighted by Crippen LogP contribution is 2.12. The molecule has 1 rings (SSSR count). The third-order valence-electron chi connectivity index (χ3n) is 2.45. The zero-order valence-electron chi connectivity index (χ0n) is 10.6. The standard InChI is InChI=1S/C14H19NO3/c1-3-9-18-13-7-5-11(6-8-13)14(17)15-10-12(16)4-2/h3,5-8,12,16H,1,4,9-10H2,2H3,(H,15,17). The van der Waals surface area contributed by atoms with Crippen LogP contribution in [0.4, 0.5) is 0 Å². The molecule has 0 aliphatic rings. The van der Waals surface area contributed by atoms with Gasteiger partial charge in [0.1, 0.15) is 12.4 Å². The largest absolute Gasteiger partial charge is 0.490 e. The number of carbonyl (C=O) groups excluding carboxylic acids is 1. The van der Waals surface area contributed by atoms with Crippen molar-refractivity contribution in [1.29, 1.82) is 0 Å². The van der Waals surface area contributed by atoms with Crippen molar-refractivity contribution in [3.05, 3.63) is 42.5 Å². The zero-order valence-corrected chi connectivity index (χ0v) is 10.6. The molecular formula is C14H19NO3. The maximum absolute atomic E-state index is 11.7. The van der Waals surface area contributed by atoms with Gasteiger partial charge in [0.15, 0.2) is 0 Å². The number of benzene rings is 1. The molecule has 1 atom stereocenters. The lowest BCUT2D eigenvalue weighted by molar-refractivity contribution is 0.0914. The Morgan fingerprint density at radius 3 is 2.72 bits per heavy atom. The maximum atomic E-state index is 11.7. The number of amides is 1. The van der Waals surface area contributed by atoms with E-state index in [1.807, 2.05) is 6.92 Å². The minimum absolute atomic E-state index is 0.197. The number of aliphatic hydroxyl groups excluding tert-OH is 1. The number of rotatable bonds is 7. The van der Waals surface area contributed by atoms with Crippen LogP contribution in [0.1, 0.15) is 23.7 Å². The van der Waals surface area contributed by atoms with E-state index < -0.39 is 6.10 Å². The van der Waals surface area contributed by atoms with Crippen LogP contribution < -0.4 is 10.1 Å². The quantitative estimate of drug-likeness (QED) is 0.724. The van der Waals surface area contributed by atoms with Crippen LogP contribution in [-0.4, -0.2) is 30.3 Å². The van der Waals surface area contributed by atoms with Gasteiger partial charge in [0.25, 0.3) is 5.91 Å². The molecule has 0 fully saturated rings. The lowest BCUT2D eigenvalue weighted by Crippen LogP contribution is -2.31. The Balaban J connectivity index is 2.50. The Morgan fingerprint density at radius 2 is 2.17 bits per heavy atom. The summed E-state index contributed by atoms with van der Waals surface area (Å²) in [5.74, 6) is 0.498. The first kappa shape index (κ1) is 14.3. The van der Waals surface area contributed by atoms with Crippen LogP contribution in [0, 0.1) is 0 Å². The molecule has 0 saturated heterocycles. The van der Waals surface area contributed by atoms with E-state index in [-0.39, 0.29) is 12.5 Å². The third-order valence-corrected chi connectivity index (χ3v) is 2.45. The number of hydrogen-bond acceptors (Lipinski definition) is 3. The second kappa shape index (κ2) is 7.50. The maximum Gasteiger partial charge on any atom is 0.251 e. The van der Waals surface area contributed by atoms with E-state index in [2.05, 4.69) is 11.9 Å². The second-order valence-corrected chi connectivity index (χ2v) is 3.90. The second-order valence-electron chi connectivity index (χ2n) is 3.90. The van der Waals surface area contributed by atoms with Crippen LogP contribution in [0.3, 0.4) is 0 Å². The van der Waals surface area contributed by atoms with Gasteiger partial charge in [-0.2, -0.15) is 0 Å². The van der Waals surface area contributed by atoms with Crippen molar-refractivity contribution in [1.82, 2.24) is 5.32 Å². The highest BCUT2D eigenvalue weighted by Gasteiger charge is 2.07. The highest BCUT2D eigenvalue weighted by atomic mass is 16.5. The predicted molar refractivity (Wildman–Crippen MR) is 70.8 cm³/mol. The SMILES string of the molecule is C=CCOc1ccc(C(=O)NCC(O)CC)cc1. The molecule has 0 aliphatic heterocycles. The Hall–Kier alpha value is -1.81. The van der Waals surface area contributed by atoms with E-state index >= 15 is 0 Å². The number of nitrogens with one attached hydrogen (secondary N) is 1. The lowest BCUT2D eigenvalue weighted by Gasteiger charge is -2.10. The number of aliphatic hydroxyl groups is 1. The summed E-state index contributed by atoms with van der Waals surface area (Å²) >= 11 is 0. The Bertz CT molecular complexity index is 387. The van der Waals surface area contributed by atoms with Crippen molar-refractivity contribution in [3.63, 3.8) is 0 Å². The Morgan fingerprint density at radius 1 is 1.50 bits per heavy atom. The molecule has 4 nitrogen and oxygen atoms in total. The van der Waals surface area contributed by atoms with Crippen LogP contribution >= 0.6 is 0 Å². The molecular weight excluding hydrogens is 230 g/mol. The predicted octanol–water partition coefficient (Wildman–Crippen LogP) is 1.75. The highest BCUT2D eigenvalue weighted by molar-refractivity contribution is 5.94. The summed E-state index contributed by atoms with van der Waals surface area (Å²) in [6.45, 7) is 6.13. The molecule has 1 aromatic rings. The van der Waals surface area contributed by atoms with Crippen LogP contribution in [0.25, 0.3) is 0 Å². The van der Waals surface area contributed by atoms with E-state index in [1.165, 1.54) is 0 Å². The molecule has 0 radical (unpaired) electrons. The first-order valence-corrected chi connectivity index (χ1v) is 5.97. The smallest absolute Gasteiger partial charge is 0.251 e. The van der Waals surface area contributed by atoms with Crippen molar-refractivity contribution < 1.29 is 14.6 Å². The van der Waals surface area contributed by atoms with Crippen molar-refractivity contribution in [2.24, 2.45) is 0 Å². The van der Waals surface area contributed by atoms with Gasteiger partial charge < -0.3 is 15.2 Å². The minimum Gasteiger partial charge on any atom is -0.490 e. The molecule has 0 aromatic heterocycles. The van der Waals surface area contributed by atoms with E-state index in [9.17, 15) is 9.90 Å². The monoisotopic (exact) mass is 249 g/mol. The summed E-state index contributed by atoms with van der Waals surface area (Å²) < 4.78 is 5.32. The van der Waals surface area contributed by atoms with Gasteiger partial charge >= 0.3 is 0 Å². The van der Waals surface area contributed by atoms with E-state index in [0.717, 1.165) is 0 Å². The van der Waals surface area contributed by atoms with Gasteiger partial charge in [-0.1, -0.05) is 19.6 Å². The minimum atomic E-state index is -0.496. The molecule has 1 unspecified atom stereocenters. The summed E-state index contributed by atoms with van der Waals surface area (Å²) in [5, 5.41) is 12.0. The topological polar surface area (TPSA) is 58.6 Å². The van der Waals surface area contributed by atoms with Gasteiger partial charge in [0.2, 0.25) is 0 Å². The Labute approximate surface area is 107 Å². The van der Waals surface area contributed by atoms with E-state index in [0.29, 0.717) is 24.3 Å². The van der Waals surface area contributed by atoms with Gasteiger partial charge in [-0.05, 0) is 30.7 Å². The molecule has 0 heterocycles. The van der Waals surface area contributed by atoms with Crippen LogP contribution in [0.2, 0.25) is 0 Å². The summed E-state index contributed by atoms with van der Waals surface area (Å²) in [6, 6.07) is 6.83. The average Bonchev–Trinajstić information content (AvgIpc) is 2.42. The van der Waals surface area contributed by atoms with Gasteiger partial charge in [-0.25, -0.2) is 0 Å². The molecule has 18 heavy (non-hydrogen) atoms. The van der Waals surface area contributed by atoms with E-state index in [1.54, 1.807) is 30.3 Å². The first-order chi connectivity index (χ1) is 8.67. The van der Waals surface area contributed by atoms with Crippen molar-refractivity contribution in [2.75, 3.05) is 13.2 Å². The Kier molecular flexibility index (Phi) is 5.94. The molecule has 2 N–H and O–H groups in total.